The molecule has 2 N–H and O–H groups in total. The molecule has 0 spiro atoms. The zero-order valence-corrected chi connectivity index (χ0v) is 9.73. The number of nitrogens with zero attached hydrogens (tertiary/aromatic N) is 3. The number of thioether (sulfide) groups is 1. The molecule has 0 saturated carbocycles. The Balaban J connectivity index is 2.13. The highest BCUT2D eigenvalue weighted by molar-refractivity contribution is 7.99. The van der Waals surface area contributed by atoms with Crippen molar-refractivity contribution in [2.45, 2.75) is 11.6 Å². The van der Waals surface area contributed by atoms with Crippen molar-refractivity contribution in [3.63, 3.8) is 0 Å². The van der Waals surface area contributed by atoms with E-state index in [4.69, 9.17) is 5.73 Å². The van der Waals surface area contributed by atoms with Crippen molar-refractivity contribution in [3.8, 4) is 5.69 Å². The van der Waals surface area contributed by atoms with Crippen LogP contribution in [0.4, 0.5) is 0 Å². The van der Waals surface area contributed by atoms with Crippen molar-refractivity contribution in [1.29, 1.82) is 0 Å². The van der Waals surface area contributed by atoms with Gasteiger partial charge in [0.05, 0.1) is 0 Å². The van der Waals surface area contributed by atoms with Gasteiger partial charge in [0.25, 0.3) is 0 Å². The van der Waals surface area contributed by atoms with Gasteiger partial charge >= 0.3 is 0 Å². The van der Waals surface area contributed by atoms with Gasteiger partial charge in [0.1, 0.15) is 6.33 Å². The van der Waals surface area contributed by atoms with Crippen LogP contribution >= 0.6 is 11.8 Å². The second-order valence-electron chi connectivity index (χ2n) is 3.31. The van der Waals surface area contributed by atoms with Gasteiger partial charge in [-0.2, -0.15) is 0 Å². The first-order valence-corrected chi connectivity index (χ1v) is 6.18. The average molecular weight is 234 g/mol. The number of hydrogen-bond acceptors (Lipinski definition) is 4. The van der Waals surface area contributed by atoms with Gasteiger partial charge in [0.15, 0.2) is 5.16 Å². The van der Waals surface area contributed by atoms with E-state index in [1.807, 2.05) is 34.9 Å². The van der Waals surface area contributed by atoms with Crippen LogP contribution in [0.25, 0.3) is 5.69 Å². The lowest BCUT2D eigenvalue weighted by molar-refractivity contribution is 0.875. The minimum Gasteiger partial charge on any atom is -0.330 e. The predicted molar refractivity (Wildman–Crippen MR) is 65.8 cm³/mol. The monoisotopic (exact) mass is 234 g/mol. The molecule has 0 fully saturated rings. The van der Waals surface area contributed by atoms with Crippen molar-refractivity contribution in [2.24, 2.45) is 5.73 Å². The van der Waals surface area contributed by atoms with Crippen molar-refractivity contribution in [1.82, 2.24) is 14.8 Å². The van der Waals surface area contributed by atoms with Crippen LogP contribution in [0.1, 0.15) is 6.42 Å². The number of rotatable bonds is 5. The summed E-state index contributed by atoms with van der Waals surface area (Å²) in [6, 6.07) is 10.1. The van der Waals surface area contributed by atoms with Gasteiger partial charge in [-0.1, -0.05) is 30.0 Å². The second-order valence-corrected chi connectivity index (χ2v) is 4.37. The molecule has 0 radical (unpaired) electrons. The molecule has 5 heteroatoms. The summed E-state index contributed by atoms with van der Waals surface area (Å²) in [5, 5.41) is 8.95. The van der Waals surface area contributed by atoms with Crippen LogP contribution < -0.4 is 5.73 Å². The lowest BCUT2D eigenvalue weighted by Crippen LogP contribution is -2.01. The molecule has 16 heavy (non-hydrogen) atoms. The number of para-hydroxylation sites is 1. The Bertz CT molecular complexity index is 427. The van der Waals surface area contributed by atoms with Crippen LogP contribution in [-0.2, 0) is 0 Å². The zero-order valence-electron chi connectivity index (χ0n) is 8.91. The Labute approximate surface area is 98.9 Å². The third-order valence-corrected chi connectivity index (χ3v) is 3.16. The standard InChI is InChI=1S/C11H14N4S/c12-7-4-8-16-11-14-13-9-15(11)10-5-2-1-3-6-10/h1-3,5-6,9H,4,7-8,12H2. The van der Waals surface area contributed by atoms with Crippen LogP contribution in [0.15, 0.2) is 41.8 Å². The number of hydrogen-bond donors (Lipinski definition) is 1. The fraction of sp³-hybridized carbons (Fsp3) is 0.273. The first-order chi connectivity index (χ1) is 7.92. The minimum absolute atomic E-state index is 0.715. The van der Waals surface area contributed by atoms with Crippen molar-refractivity contribution in [3.05, 3.63) is 36.7 Å². The number of benzene rings is 1. The van der Waals surface area contributed by atoms with Gasteiger partial charge in [-0.3, -0.25) is 4.57 Å². The Hall–Kier alpha value is -1.33. The van der Waals surface area contributed by atoms with Crippen molar-refractivity contribution >= 4 is 11.8 Å². The van der Waals surface area contributed by atoms with E-state index in [1.54, 1.807) is 18.1 Å². The molecule has 0 aliphatic heterocycles. The normalized spacial score (nSPS) is 10.6. The van der Waals surface area contributed by atoms with Crippen LogP contribution in [-0.4, -0.2) is 27.1 Å². The van der Waals surface area contributed by atoms with Crippen LogP contribution in [0.5, 0.6) is 0 Å². The van der Waals surface area contributed by atoms with E-state index < -0.39 is 0 Å². The summed E-state index contributed by atoms with van der Waals surface area (Å²) in [7, 11) is 0. The highest BCUT2D eigenvalue weighted by atomic mass is 32.2. The van der Waals surface area contributed by atoms with E-state index in [0.717, 1.165) is 23.0 Å². The quantitative estimate of drug-likeness (QED) is 0.632. The Morgan fingerprint density at radius 1 is 1.25 bits per heavy atom. The molecule has 4 nitrogen and oxygen atoms in total. The van der Waals surface area contributed by atoms with Gasteiger partial charge < -0.3 is 5.73 Å². The summed E-state index contributed by atoms with van der Waals surface area (Å²) in [5.74, 6) is 0.974. The first kappa shape index (κ1) is 11.2. The largest absolute Gasteiger partial charge is 0.330 e. The molecular weight excluding hydrogens is 220 g/mol. The third-order valence-electron chi connectivity index (χ3n) is 2.13. The molecule has 0 saturated heterocycles. The molecule has 0 amide bonds. The molecule has 84 valence electrons. The molecule has 1 heterocycles. The molecule has 0 unspecified atom stereocenters. The minimum atomic E-state index is 0.715. The van der Waals surface area contributed by atoms with E-state index in [9.17, 15) is 0 Å². The molecule has 0 aliphatic rings. The third kappa shape index (κ3) is 2.62. The van der Waals surface area contributed by atoms with E-state index in [0.29, 0.717) is 6.54 Å². The maximum Gasteiger partial charge on any atom is 0.195 e. The summed E-state index contributed by atoms with van der Waals surface area (Å²) < 4.78 is 1.99. The van der Waals surface area contributed by atoms with Crippen molar-refractivity contribution < 1.29 is 0 Å². The van der Waals surface area contributed by atoms with Gasteiger partial charge in [-0.15, -0.1) is 10.2 Å². The van der Waals surface area contributed by atoms with Crippen molar-refractivity contribution in [2.75, 3.05) is 12.3 Å². The maximum absolute atomic E-state index is 5.46. The molecule has 2 aromatic rings. The SMILES string of the molecule is NCCCSc1nncn1-c1ccccc1. The lowest BCUT2D eigenvalue weighted by atomic mass is 10.3. The highest BCUT2D eigenvalue weighted by Gasteiger charge is 2.05. The van der Waals surface area contributed by atoms with E-state index in [-0.39, 0.29) is 0 Å². The smallest absolute Gasteiger partial charge is 0.195 e. The van der Waals surface area contributed by atoms with Crippen LogP contribution in [0.3, 0.4) is 0 Å². The molecule has 0 bridgehead atoms. The van der Waals surface area contributed by atoms with Gasteiger partial charge in [-0.25, -0.2) is 0 Å². The summed E-state index contributed by atoms with van der Waals surface area (Å²) in [4.78, 5) is 0. The summed E-state index contributed by atoms with van der Waals surface area (Å²) in [6.07, 6.45) is 2.73. The van der Waals surface area contributed by atoms with Crippen LogP contribution in [0, 0.1) is 0 Å². The number of aromatic nitrogens is 3. The van der Waals surface area contributed by atoms with Gasteiger partial charge in [0, 0.05) is 11.4 Å². The molecule has 0 aliphatic carbocycles. The van der Waals surface area contributed by atoms with E-state index in [2.05, 4.69) is 10.2 Å². The number of nitrogens with two attached hydrogens (primary N) is 1. The Morgan fingerprint density at radius 2 is 2.06 bits per heavy atom. The Morgan fingerprint density at radius 3 is 2.81 bits per heavy atom. The summed E-state index contributed by atoms with van der Waals surface area (Å²) in [5.41, 5.74) is 6.55. The zero-order chi connectivity index (χ0) is 11.2. The second kappa shape index (κ2) is 5.67. The van der Waals surface area contributed by atoms with Gasteiger partial charge in [-0.05, 0) is 25.1 Å². The topological polar surface area (TPSA) is 56.7 Å². The van der Waals surface area contributed by atoms with E-state index in [1.165, 1.54) is 0 Å². The predicted octanol–water partition coefficient (Wildman–Crippen LogP) is 1.71. The summed E-state index contributed by atoms with van der Waals surface area (Å²) in [6.45, 7) is 0.715. The molecular formula is C11H14N4S. The maximum atomic E-state index is 5.46. The molecule has 2 rings (SSSR count). The van der Waals surface area contributed by atoms with Crippen LogP contribution in [0.2, 0.25) is 0 Å². The molecule has 0 atom stereocenters. The first-order valence-electron chi connectivity index (χ1n) is 5.20. The average Bonchev–Trinajstić information content (AvgIpc) is 2.79. The Kier molecular flexibility index (Phi) is 3.96. The highest BCUT2D eigenvalue weighted by Crippen LogP contribution is 2.19. The molecule has 1 aromatic carbocycles. The van der Waals surface area contributed by atoms with Gasteiger partial charge in [0.2, 0.25) is 0 Å². The fourth-order valence-corrected chi connectivity index (χ4v) is 2.23. The summed E-state index contributed by atoms with van der Waals surface area (Å²) >= 11 is 1.68. The van der Waals surface area contributed by atoms with E-state index >= 15 is 0 Å². The molecule has 1 aromatic heterocycles. The lowest BCUT2D eigenvalue weighted by Gasteiger charge is -2.05. The fourth-order valence-electron chi connectivity index (χ4n) is 1.34.